The molecule has 6 heteroatoms. The van der Waals surface area contributed by atoms with Crippen molar-refractivity contribution in [2.24, 2.45) is 0 Å². The maximum Gasteiger partial charge on any atom is 0.119 e. The SMILES string of the molecule is Nc1cccc(N)c1.Oc1cccc(O)c1.Oc1cccc(O)c1. The van der Waals surface area contributed by atoms with Crippen molar-refractivity contribution in [1.29, 1.82) is 0 Å². The zero-order chi connectivity index (χ0) is 17.9. The monoisotopic (exact) mass is 328 g/mol. The number of hydrogen-bond acceptors (Lipinski definition) is 6. The van der Waals surface area contributed by atoms with Crippen LogP contribution in [0.1, 0.15) is 0 Å². The Morgan fingerprint density at radius 2 is 0.750 bits per heavy atom. The van der Waals surface area contributed by atoms with Gasteiger partial charge in [-0.2, -0.15) is 0 Å². The molecule has 0 radical (unpaired) electrons. The molecule has 0 saturated heterocycles. The van der Waals surface area contributed by atoms with Crippen LogP contribution < -0.4 is 11.5 Å². The lowest BCUT2D eigenvalue weighted by atomic mass is 10.3. The normalized spacial score (nSPS) is 9.00. The van der Waals surface area contributed by atoms with Crippen molar-refractivity contribution in [3.8, 4) is 23.0 Å². The molecular weight excluding hydrogens is 308 g/mol. The zero-order valence-corrected chi connectivity index (χ0v) is 12.9. The highest BCUT2D eigenvalue weighted by atomic mass is 16.3. The average Bonchev–Trinajstić information content (AvgIpc) is 2.47. The summed E-state index contributed by atoms with van der Waals surface area (Å²) in [7, 11) is 0. The third-order valence-corrected chi connectivity index (χ3v) is 2.57. The summed E-state index contributed by atoms with van der Waals surface area (Å²) in [6.07, 6.45) is 0. The molecular formula is C18H20N2O4. The maximum absolute atomic E-state index is 8.65. The highest BCUT2D eigenvalue weighted by molar-refractivity contribution is 5.50. The summed E-state index contributed by atoms with van der Waals surface area (Å²) in [4.78, 5) is 0. The second kappa shape index (κ2) is 9.47. The molecule has 0 saturated carbocycles. The van der Waals surface area contributed by atoms with Gasteiger partial charge in [0.1, 0.15) is 23.0 Å². The topological polar surface area (TPSA) is 133 Å². The third kappa shape index (κ3) is 8.04. The molecule has 0 amide bonds. The predicted molar refractivity (Wildman–Crippen MR) is 94.8 cm³/mol. The molecule has 126 valence electrons. The van der Waals surface area contributed by atoms with Crippen molar-refractivity contribution in [1.82, 2.24) is 0 Å². The number of aromatic hydroxyl groups is 4. The number of phenolic OH excluding ortho intramolecular Hbond substituents is 4. The minimum atomic E-state index is 0.0880. The van der Waals surface area contributed by atoms with E-state index in [1.165, 1.54) is 36.4 Å². The molecule has 0 aliphatic rings. The smallest absolute Gasteiger partial charge is 0.119 e. The first-order valence-corrected chi connectivity index (χ1v) is 6.94. The van der Waals surface area contributed by atoms with E-state index in [-0.39, 0.29) is 23.0 Å². The third-order valence-electron chi connectivity index (χ3n) is 2.57. The van der Waals surface area contributed by atoms with Crippen molar-refractivity contribution in [2.75, 3.05) is 11.5 Å². The van der Waals surface area contributed by atoms with Gasteiger partial charge in [-0.05, 0) is 42.5 Å². The van der Waals surface area contributed by atoms with Crippen molar-refractivity contribution < 1.29 is 20.4 Å². The minimum Gasteiger partial charge on any atom is -0.508 e. The van der Waals surface area contributed by atoms with E-state index < -0.39 is 0 Å². The van der Waals surface area contributed by atoms with Gasteiger partial charge in [0.25, 0.3) is 0 Å². The fourth-order valence-electron chi connectivity index (χ4n) is 1.55. The number of rotatable bonds is 0. The summed E-state index contributed by atoms with van der Waals surface area (Å²) >= 11 is 0. The van der Waals surface area contributed by atoms with E-state index in [4.69, 9.17) is 31.9 Å². The molecule has 0 aromatic heterocycles. The average molecular weight is 328 g/mol. The number of nitrogens with two attached hydrogens (primary N) is 2. The van der Waals surface area contributed by atoms with Crippen LogP contribution in [-0.2, 0) is 0 Å². The van der Waals surface area contributed by atoms with Gasteiger partial charge in [0.05, 0.1) is 0 Å². The molecule has 0 fully saturated rings. The molecule has 0 heterocycles. The van der Waals surface area contributed by atoms with Crippen LogP contribution in [0.25, 0.3) is 0 Å². The lowest BCUT2D eigenvalue weighted by Gasteiger charge is -1.91. The summed E-state index contributed by atoms with van der Waals surface area (Å²) in [5.74, 6) is 0.352. The van der Waals surface area contributed by atoms with Gasteiger partial charge < -0.3 is 31.9 Å². The first-order chi connectivity index (χ1) is 11.4. The van der Waals surface area contributed by atoms with E-state index in [2.05, 4.69) is 0 Å². The van der Waals surface area contributed by atoms with Crippen LogP contribution >= 0.6 is 0 Å². The largest absolute Gasteiger partial charge is 0.508 e. The zero-order valence-electron chi connectivity index (χ0n) is 12.9. The van der Waals surface area contributed by atoms with Crippen LogP contribution in [0.15, 0.2) is 72.8 Å². The Bertz CT molecular complexity index is 608. The highest BCUT2D eigenvalue weighted by Crippen LogP contribution is 2.15. The molecule has 0 spiro atoms. The Morgan fingerprint density at radius 3 is 0.917 bits per heavy atom. The standard InChI is InChI=1S/C6H8N2.2C6H6O2/c3*7-5-2-1-3-6(8)4-5/h1-4H,7-8H2;2*1-4,7-8H. The Kier molecular flexibility index (Phi) is 7.30. The molecule has 0 unspecified atom stereocenters. The first-order valence-electron chi connectivity index (χ1n) is 6.94. The van der Waals surface area contributed by atoms with Crippen molar-refractivity contribution in [2.45, 2.75) is 0 Å². The van der Waals surface area contributed by atoms with Gasteiger partial charge in [-0.1, -0.05) is 18.2 Å². The van der Waals surface area contributed by atoms with E-state index in [9.17, 15) is 0 Å². The molecule has 24 heavy (non-hydrogen) atoms. The molecule has 3 aromatic rings. The summed E-state index contributed by atoms with van der Waals surface area (Å²) in [5.41, 5.74) is 12.2. The quantitative estimate of drug-likeness (QED) is 0.351. The van der Waals surface area contributed by atoms with Crippen LogP contribution in [0.3, 0.4) is 0 Å². The molecule has 0 aliphatic heterocycles. The molecule has 0 atom stereocenters. The van der Waals surface area contributed by atoms with Gasteiger partial charge in [0, 0.05) is 23.5 Å². The fourth-order valence-corrected chi connectivity index (χ4v) is 1.55. The summed E-state index contributed by atoms with van der Waals surface area (Å²) in [5, 5.41) is 34.6. The molecule has 3 rings (SSSR count). The Balaban J connectivity index is 0.000000180. The second-order valence-electron chi connectivity index (χ2n) is 4.71. The molecule has 8 N–H and O–H groups in total. The number of phenols is 4. The first kappa shape index (κ1) is 18.5. The fraction of sp³-hybridized carbons (Fsp3) is 0. The van der Waals surface area contributed by atoms with Gasteiger partial charge in [-0.25, -0.2) is 0 Å². The van der Waals surface area contributed by atoms with E-state index in [1.807, 2.05) is 6.07 Å². The van der Waals surface area contributed by atoms with Gasteiger partial charge in [0.2, 0.25) is 0 Å². The van der Waals surface area contributed by atoms with Crippen molar-refractivity contribution >= 4 is 11.4 Å². The summed E-state index contributed by atoms with van der Waals surface area (Å²) in [6.45, 7) is 0. The van der Waals surface area contributed by atoms with Gasteiger partial charge in [-0.15, -0.1) is 0 Å². The Morgan fingerprint density at radius 1 is 0.458 bits per heavy atom. The van der Waals surface area contributed by atoms with Crippen molar-refractivity contribution in [3.63, 3.8) is 0 Å². The van der Waals surface area contributed by atoms with E-state index in [0.29, 0.717) is 11.4 Å². The molecule has 6 nitrogen and oxygen atoms in total. The second-order valence-corrected chi connectivity index (χ2v) is 4.71. The summed E-state index contributed by atoms with van der Waals surface area (Å²) in [6, 6.07) is 18.9. The lowest BCUT2D eigenvalue weighted by molar-refractivity contribution is 0.449. The molecule has 0 aliphatic carbocycles. The van der Waals surface area contributed by atoms with Gasteiger partial charge >= 0.3 is 0 Å². The van der Waals surface area contributed by atoms with Crippen LogP contribution in [0.4, 0.5) is 11.4 Å². The summed E-state index contributed by atoms with van der Waals surface area (Å²) < 4.78 is 0. The van der Waals surface area contributed by atoms with E-state index >= 15 is 0 Å². The van der Waals surface area contributed by atoms with Gasteiger partial charge in [0.15, 0.2) is 0 Å². The predicted octanol–water partition coefficient (Wildman–Crippen LogP) is 3.05. The number of hydrogen-bond donors (Lipinski definition) is 6. The lowest BCUT2D eigenvalue weighted by Crippen LogP contribution is -1.87. The Hall–Kier alpha value is -3.54. The molecule has 0 bridgehead atoms. The highest BCUT2D eigenvalue weighted by Gasteiger charge is 1.86. The number of nitrogen functional groups attached to an aromatic ring is 2. The number of anilines is 2. The van der Waals surface area contributed by atoms with Crippen molar-refractivity contribution in [3.05, 3.63) is 72.8 Å². The maximum atomic E-state index is 8.65. The Labute approximate surface area is 139 Å². The minimum absolute atomic E-state index is 0.0880. The van der Waals surface area contributed by atoms with Crippen LogP contribution in [0.2, 0.25) is 0 Å². The van der Waals surface area contributed by atoms with E-state index in [1.54, 1.807) is 30.3 Å². The van der Waals surface area contributed by atoms with Gasteiger partial charge in [-0.3, -0.25) is 0 Å². The van der Waals surface area contributed by atoms with Crippen LogP contribution in [0.5, 0.6) is 23.0 Å². The van der Waals surface area contributed by atoms with Crippen LogP contribution in [0, 0.1) is 0 Å². The number of benzene rings is 3. The van der Waals surface area contributed by atoms with E-state index in [0.717, 1.165) is 0 Å². The van der Waals surface area contributed by atoms with Crippen LogP contribution in [-0.4, -0.2) is 20.4 Å². The molecule has 3 aromatic carbocycles.